The molecule has 2 heteroatoms. The zero-order chi connectivity index (χ0) is 7.35. The highest BCUT2D eigenvalue weighted by molar-refractivity contribution is 7.77. The maximum atomic E-state index is 4.28. The van der Waals surface area contributed by atoms with Crippen molar-refractivity contribution in [1.29, 1.82) is 0 Å². The molecule has 1 saturated heterocycles. The number of rotatable bonds is 1. The lowest BCUT2D eigenvalue weighted by atomic mass is 9.92. The van der Waals surface area contributed by atoms with Gasteiger partial charge in [-0.3, -0.25) is 4.31 Å². The molecule has 1 nitrogen and oxygen atoms in total. The van der Waals surface area contributed by atoms with Gasteiger partial charge < -0.3 is 0 Å². The molecule has 1 heterocycles. The Labute approximate surface area is 68.3 Å². The molecule has 1 aliphatic heterocycles. The van der Waals surface area contributed by atoms with Crippen molar-refractivity contribution in [3.63, 3.8) is 0 Å². The summed E-state index contributed by atoms with van der Waals surface area (Å²) >= 11 is 4.28. The Morgan fingerprint density at radius 3 is 2.40 bits per heavy atom. The largest absolute Gasteiger partial charge is 0.252 e. The first-order chi connectivity index (χ1) is 4.64. The van der Waals surface area contributed by atoms with Crippen LogP contribution in [0.25, 0.3) is 0 Å². The van der Waals surface area contributed by atoms with Gasteiger partial charge in [0.15, 0.2) is 0 Å². The van der Waals surface area contributed by atoms with Crippen LogP contribution < -0.4 is 0 Å². The molecule has 0 aromatic carbocycles. The van der Waals surface area contributed by atoms with Gasteiger partial charge in [-0.25, -0.2) is 0 Å². The molecule has 1 saturated carbocycles. The van der Waals surface area contributed by atoms with Crippen molar-refractivity contribution in [2.45, 2.75) is 20.3 Å². The highest BCUT2D eigenvalue weighted by Gasteiger charge is 2.61. The van der Waals surface area contributed by atoms with E-state index in [1.165, 1.54) is 19.5 Å². The molecule has 58 valence electrons. The van der Waals surface area contributed by atoms with Gasteiger partial charge in [-0.2, -0.15) is 0 Å². The minimum Gasteiger partial charge on any atom is -0.252 e. The molecule has 0 amide bonds. The third-order valence-corrected chi connectivity index (χ3v) is 3.34. The molecule has 0 N–H and O–H groups in total. The van der Waals surface area contributed by atoms with E-state index in [1.54, 1.807) is 0 Å². The number of hydrogen-bond acceptors (Lipinski definition) is 2. The molecule has 0 aromatic heterocycles. The molecule has 2 fully saturated rings. The maximum absolute atomic E-state index is 4.28. The molecule has 0 aromatic rings. The Morgan fingerprint density at radius 1 is 1.50 bits per heavy atom. The fourth-order valence-corrected chi connectivity index (χ4v) is 2.93. The monoisotopic (exact) mass is 157 g/mol. The van der Waals surface area contributed by atoms with E-state index >= 15 is 0 Å². The van der Waals surface area contributed by atoms with Crippen LogP contribution >= 0.6 is 12.8 Å². The molecule has 0 bridgehead atoms. The van der Waals surface area contributed by atoms with Gasteiger partial charge in [0.2, 0.25) is 0 Å². The van der Waals surface area contributed by atoms with Crippen LogP contribution in [0.2, 0.25) is 0 Å². The summed E-state index contributed by atoms with van der Waals surface area (Å²) in [7, 11) is 0. The lowest BCUT2D eigenvalue weighted by Crippen LogP contribution is -2.43. The molecule has 2 aliphatic rings. The lowest BCUT2D eigenvalue weighted by molar-refractivity contribution is 0.166. The van der Waals surface area contributed by atoms with Gasteiger partial charge in [0.05, 0.1) is 0 Å². The van der Waals surface area contributed by atoms with Crippen LogP contribution in [0.1, 0.15) is 20.3 Å². The summed E-state index contributed by atoms with van der Waals surface area (Å²) in [5.74, 6) is 1.90. The quantitative estimate of drug-likeness (QED) is 0.568. The van der Waals surface area contributed by atoms with Gasteiger partial charge in [0, 0.05) is 18.5 Å². The van der Waals surface area contributed by atoms with Gasteiger partial charge in [0.25, 0.3) is 0 Å². The van der Waals surface area contributed by atoms with Crippen molar-refractivity contribution in [3.8, 4) is 0 Å². The minimum absolute atomic E-state index is 0.732. The van der Waals surface area contributed by atoms with E-state index in [4.69, 9.17) is 0 Å². The molecular formula is C8H15NS. The Balaban J connectivity index is 1.90. The van der Waals surface area contributed by atoms with E-state index in [2.05, 4.69) is 31.0 Å². The first-order valence-corrected chi connectivity index (χ1v) is 4.48. The van der Waals surface area contributed by atoms with Crippen LogP contribution in [0, 0.1) is 17.3 Å². The van der Waals surface area contributed by atoms with Crippen molar-refractivity contribution >= 4 is 12.8 Å². The topological polar surface area (TPSA) is 3.24 Å². The maximum Gasteiger partial charge on any atom is 0.0159 e. The molecule has 0 radical (unpaired) electrons. The highest BCUT2D eigenvalue weighted by Crippen LogP contribution is 2.61. The fourth-order valence-electron chi connectivity index (χ4n) is 2.37. The first kappa shape index (κ1) is 6.99. The van der Waals surface area contributed by atoms with E-state index < -0.39 is 0 Å². The van der Waals surface area contributed by atoms with Crippen LogP contribution in [0.5, 0.6) is 0 Å². The predicted molar refractivity (Wildman–Crippen MR) is 45.9 cm³/mol. The highest BCUT2D eigenvalue weighted by atomic mass is 32.1. The molecule has 1 aliphatic carbocycles. The summed E-state index contributed by atoms with van der Waals surface area (Å²) in [6, 6.07) is 0. The minimum atomic E-state index is 0.732. The Kier molecular flexibility index (Phi) is 1.34. The van der Waals surface area contributed by atoms with Gasteiger partial charge in [-0.05, 0) is 18.3 Å². The van der Waals surface area contributed by atoms with Gasteiger partial charge in [-0.1, -0.05) is 26.7 Å². The summed E-state index contributed by atoms with van der Waals surface area (Å²) in [6.07, 6.45) is 1.46. The predicted octanol–water partition coefficient (Wildman–Crippen LogP) is 1.81. The number of thiol groups is 1. The standard InChI is InChI=1S/C8H15NS/c1-6(2)7-3-8(7)4-9(10)5-8/h6-7,10H,3-5H2,1-2H3. The average Bonchev–Trinajstić information content (AvgIpc) is 2.40. The summed E-state index contributed by atoms with van der Waals surface area (Å²) in [6.45, 7) is 7.14. The second kappa shape index (κ2) is 1.92. The SMILES string of the molecule is CC(C)C1CC12CN(S)C2. The van der Waals surface area contributed by atoms with Crippen LogP contribution in [0.15, 0.2) is 0 Å². The van der Waals surface area contributed by atoms with Crippen molar-refractivity contribution in [3.05, 3.63) is 0 Å². The number of hydrogen-bond donors (Lipinski definition) is 1. The van der Waals surface area contributed by atoms with Crippen LogP contribution in [0.4, 0.5) is 0 Å². The first-order valence-electron chi connectivity index (χ1n) is 4.08. The van der Waals surface area contributed by atoms with Gasteiger partial charge in [0.1, 0.15) is 0 Å². The van der Waals surface area contributed by atoms with Crippen molar-refractivity contribution in [2.24, 2.45) is 17.3 Å². The second-order valence-electron chi connectivity index (χ2n) is 4.24. The fraction of sp³-hybridized carbons (Fsp3) is 1.00. The molecule has 2 rings (SSSR count). The Morgan fingerprint density at radius 2 is 2.10 bits per heavy atom. The number of nitrogens with zero attached hydrogens (tertiary/aromatic N) is 1. The van der Waals surface area contributed by atoms with Crippen molar-refractivity contribution < 1.29 is 0 Å². The smallest absolute Gasteiger partial charge is 0.0159 e. The van der Waals surface area contributed by atoms with Crippen LogP contribution in [-0.2, 0) is 0 Å². The Bertz CT molecular complexity index is 149. The summed E-state index contributed by atoms with van der Waals surface area (Å²) in [4.78, 5) is 0. The lowest BCUT2D eigenvalue weighted by Gasteiger charge is -2.37. The van der Waals surface area contributed by atoms with E-state index in [1.807, 2.05) is 0 Å². The van der Waals surface area contributed by atoms with E-state index in [-0.39, 0.29) is 0 Å². The van der Waals surface area contributed by atoms with E-state index in [9.17, 15) is 0 Å². The zero-order valence-corrected chi connectivity index (χ0v) is 7.56. The molecule has 1 atom stereocenters. The summed E-state index contributed by atoms with van der Waals surface area (Å²) < 4.78 is 2.13. The third kappa shape index (κ3) is 0.817. The van der Waals surface area contributed by atoms with Gasteiger partial charge >= 0.3 is 0 Å². The third-order valence-electron chi connectivity index (χ3n) is 3.05. The van der Waals surface area contributed by atoms with E-state index in [0.29, 0.717) is 0 Å². The second-order valence-corrected chi connectivity index (χ2v) is 4.81. The van der Waals surface area contributed by atoms with Gasteiger partial charge in [-0.15, -0.1) is 0 Å². The van der Waals surface area contributed by atoms with Crippen molar-refractivity contribution in [1.82, 2.24) is 4.31 Å². The molecule has 1 unspecified atom stereocenters. The zero-order valence-electron chi connectivity index (χ0n) is 6.67. The average molecular weight is 157 g/mol. The molecular weight excluding hydrogens is 142 g/mol. The van der Waals surface area contributed by atoms with Crippen LogP contribution in [0.3, 0.4) is 0 Å². The van der Waals surface area contributed by atoms with Crippen molar-refractivity contribution in [2.75, 3.05) is 13.1 Å². The molecule has 1 spiro atoms. The van der Waals surface area contributed by atoms with E-state index in [0.717, 1.165) is 17.3 Å². The summed E-state index contributed by atoms with van der Waals surface area (Å²) in [5, 5.41) is 0. The normalized spacial score (nSPS) is 36.6. The Hall–Kier alpha value is 0.310. The molecule has 10 heavy (non-hydrogen) atoms. The summed E-state index contributed by atoms with van der Waals surface area (Å²) in [5.41, 5.74) is 0.732. The van der Waals surface area contributed by atoms with Crippen LogP contribution in [-0.4, -0.2) is 17.4 Å².